The van der Waals surface area contributed by atoms with Gasteiger partial charge in [0, 0.05) is 18.3 Å². The number of carbonyl (C=O) groups is 2. The molecule has 1 N–H and O–H groups in total. The maximum atomic E-state index is 12.8. The van der Waals surface area contributed by atoms with Gasteiger partial charge in [0.1, 0.15) is 11.8 Å². The number of benzene rings is 1. The van der Waals surface area contributed by atoms with Gasteiger partial charge in [0.2, 0.25) is 11.8 Å². The lowest BCUT2D eigenvalue weighted by Crippen LogP contribution is -2.42. The van der Waals surface area contributed by atoms with Crippen molar-refractivity contribution in [2.45, 2.75) is 46.6 Å². The number of aromatic nitrogens is 1. The summed E-state index contributed by atoms with van der Waals surface area (Å²) in [5, 5.41) is 6.64. The van der Waals surface area contributed by atoms with Crippen molar-refractivity contribution >= 4 is 17.5 Å². The lowest BCUT2D eigenvalue weighted by molar-refractivity contribution is -0.126. The van der Waals surface area contributed by atoms with E-state index in [1.54, 1.807) is 17.9 Å². The van der Waals surface area contributed by atoms with Crippen LogP contribution in [0.15, 0.2) is 22.7 Å². The lowest BCUT2D eigenvalue weighted by Gasteiger charge is -2.22. The molecule has 1 fully saturated rings. The highest BCUT2D eigenvalue weighted by Crippen LogP contribution is 2.30. The van der Waals surface area contributed by atoms with E-state index >= 15 is 0 Å². The maximum absolute atomic E-state index is 12.8. The van der Waals surface area contributed by atoms with Crippen LogP contribution in [0.3, 0.4) is 0 Å². The van der Waals surface area contributed by atoms with Crippen molar-refractivity contribution < 1.29 is 14.1 Å². The predicted molar refractivity (Wildman–Crippen MR) is 94.5 cm³/mol. The van der Waals surface area contributed by atoms with Gasteiger partial charge in [-0.15, -0.1) is 0 Å². The molecule has 3 rings (SSSR count). The Morgan fingerprint density at radius 1 is 1.24 bits per heavy atom. The summed E-state index contributed by atoms with van der Waals surface area (Å²) in [6.07, 6.45) is 0.721. The lowest BCUT2D eigenvalue weighted by atomic mass is 10.0. The van der Waals surface area contributed by atoms with Gasteiger partial charge in [0.25, 0.3) is 0 Å². The quantitative estimate of drug-likeness (QED) is 0.926. The number of nitrogens with one attached hydrogen (secondary N) is 1. The van der Waals surface area contributed by atoms with E-state index in [1.165, 1.54) is 5.56 Å². The first-order chi connectivity index (χ1) is 11.8. The standard InChI is InChI=1S/C19H23N3O3/c1-11-7-12(2)18(13(3)8-11)22-6-5-16(19(22)24)20-17(23)10-15-9-14(4)25-21-15/h7-9,16H,5-6,10H2,1-4H3,(H,20,23)/t16-/m0/s1. The van der Waals surface area contributed by atoms with Crippen molar-refractivity contribution in [2.75, 3.05) is 11.4 Å². The molecule has 0 aliphatic carbocycles. The third-order valence-electron chi connectivity index (χ3n) is 4.46. The zero-order valence-corrected chi connectivity index (χ0v) is 15.0. The van der Waals surface area contributed by atoms with Crippen LogP contribution in [-0.4, -0.2) is 29.6 Å². The Morgan fingerprint density at radius 2 is 1.92 bits per heavy atom. The van der Waals surface area contributed by atoms with Crippen molar-refractivity contribution in [2.24, 2.45) is 0 Å². The fourth-order valence-corrected chi connectivity index (χ4v) is 3.55. The summed E-state index contributed by atoms with van der Waals surface area (Å²) in [5.74, 6) is 0.391. The molecule has 0 unspecified atom stereocenters. The zero-order chi connectivity index (χ0) is 18.1. The topological polar surface area (TPSA) is 75.4 Å². The summed E-state index contributed by atoms with van der Waals surface area (Å²) in [7, 11) is 0. The SMILES string of the molecule is Cc1cc(C)c(N2CC[C@H](NC(=O)Cc3cc(C)on3)C2=O)c(C)c1. The molecule has 6 nitrogen and oxygen atoms in total. The molecule has 0 radical (unpaired) electrons. The van der Waals surface area contributed by atoms with Crippen molar-refractivity contribution in [1.29, 1.82) is 0 Å². The van der Waals surface area contributed by atoms with E-state index in [-0.39, 0.29) is 18.2 Å². The first kappa shape index (κ1) is 17.2. The van der Waals surface area contributed by atoms with Crippen LogP contribution in [0.1, 0.15) is 34.6 Å². The number of amides is 2. The van der Waals surface area contributed by atoms with Crippen LogP contribution in [0.4, 0.5) is 5.69 Å². The summed E-state index contributed by atoms with van der Waals surface area (Å²) < 4.78 is 4.96. The molecule has 1 atom stereocenters. The van der Waals surface area contributed by atoms with Crippen molar-refractivity contribution in [1.82, 2.24) is 10.5 Å². The average Bonchev–Trinajstić information content (AvgIpc) is 3.06. The average molecular weight is 341 g/mol. The molecule has 2 amide bonds. The number of hydrogen-bond acceptors (Lipinski definition) is 4. The molecule has 1 aromatic carbocycles. The van der Waals surface area contributed by atoms with Gasteiger partial charge in [-0.3, -0.25) is 9.59 Å². The highest BCUT2D eigenvalue weighted by molar-refractivity contribution is 6.02. The highest BCUT2D eigenvalue weighted by Gasteiger charge is 2.34. The molecule has 0 bridgehead atoms. The van der Waals surface area contributed by atoms with Crippen molar-refractivity contribution in [3.63, 3.8) is 0 Å². The Balaban J connectivity index is 1.69. The van der Waals surface area contributed by atoms with Crippen molar-refractivity contribution in [3.05, 3.63) is 46.3 Å². The molecule has 1 aliphatic rings. The molecule has 1 aliphatic heterocycles. The molecule has 1 saturated heterocycles. The largest absolute Gasteiger partial charge is 0.361 e. The predicted octanol–water partition coefficient (Wildman–Crippen LogP) is 2.37. The first-order valence-corrected chi connectivity index (χ1v) is 8.46. The van der Waals surface area contributed by atoms with Gasteiger partial charge in [-0.1, -0.05) is 22.9 Å². The van der Waals surface area contributed by atoms with Gasteiger partial charge in [0.05, 0.1) is 12.1 Å². The van der Waals surface area contributed by atoms with Crippen LogP contribution < -0.4 is 10.2 Å². The summed E-state index contributed by atoms with van der Waals surface area (Å²) in [6, 6.07) is 5.39. The fraction of sp³-hybridized carbons (Fsp3) is 0.421. The van der Waals surface area contributed by atoms with E-state index in [4.69, 9.17) is 4.52 Å². The number of carbonyl (C=O) groups excluding carboxylic acids is 2. The smallest absolute Gasteiger partial charge is 0.249 e. The zero-order valence-electron chi connectivity index (χ0n) is 15.0. The second kappa shape index (κ2) is 6.70. The third-order valence-corrected chi connectivity index (χ3v) is 4.46. The van der Waals surface area contributed by atoms with Crippen LogP contribution in [0.2, 0.25) is 0 Å². The summed E-state index contributed by atoms with van der Waals surface area (Å²) in [4.78, 5) is 26.7. The van der Waals surface area contributed by atoms with Gasteiger partial charge in [-0.05, 0) is 45.2 Å². The molecule has 0 spiro atoms. The van der Waals surface area contributed by atoms with Crippen LogP contribution in [-0.2, 0) is 16.0 Å². The van der Waals surface area contributed by atoms with E-state index in [0.717, 1.165) is 16.8 Å². The molecule has 0 saturated carbocycles. The minimum Gasteiger partial charge on any atom is -0.361 e. The molecule has 6 heteroatoms. The van der Waals surface area contributed by atoms with E-state index in [1.807, 2.05) is 20.8 Å². The van der Waals surface area contributed by atoms with E-state index in [2.05, 4.69) is 22.6 Å². The molecule has 1 aromatic heterocycles. The number of aryl methyl sites for hydroxylation is 4. The second-order valence-corrected chi connectivity index (χ2v) is 6.75. The highest BCUT2D eigenvalue weighted by atomic mass is 16.5. The normalized spacial score (nSPS) is 17.2. The Kier molecular flexibility index (Phi) is 4.61. The summed E-state index contributed by atoms with van der Waals surface area (Å²) >= 11 is 0. The molecule has 132 valence electrons. The monoisotopic (exact) mass is 341 g/mol. The number of nitrogens with zero attached hydrogens (tertiary/aromatic N) is 2. The number of anilines is 1. The second-order valence-electron chi connectivity index (χ2n) is 6.75. The number of hydrogen-bond donors (Lipinski definition) is 1. The van der Waals surface area contributed by atoms with Gasteiger partial charge in [-0.25, -0.2) is 0 Å². The van der Waals surface area contributed by atoms with Crippen molar-refractivity contribution in [3.8, 4) is 0 Å². The van der Waals surface area contributed by atoms with Crippen LogP contribution in [0, 0.1) is 27.7 Å². The summed E-state index contributed by atoms with van der Waals surface area (Å²) in [6.45, 7) is 8.46. The summed E-state index contributed by atoms with van der Waals surface area (Å²) in [5.41, 5.74) is 4.87. The van der Waals surface area contributed by atoms with Crippen LogP contribution in [0.5, 0.6) is 0 Å². The Morgan fingerprint density at radius 3 is 2.52 bits per heavy atom. The molecular formula is C19H23N3O3. The fourth-order valence-electron chi connectivity index (χ4n) is 3.55. The van der Waals surface area contributed by atoms with Gasteiger partial charge < -0.3 is 14.7 Å². The van der Waals surface area contributed by atoms with E-state index in [9.17, 15) is 9.59 Å². The van der Waals surface area contributed by atoms with E-state index in [0.29, 0.717) is 24.4 Å². The van der Waals surface area contributed by atoms with Crippen LogP contribution >= 0.6 is 0 Å². The number of rotatable bonds is 4. The molecule has 2 heterocycles. The minimum absolute atomic E-state index is 0.0558. The van der Waals surface area contributed by atoms with Gasteiger partial charge >= 0.3 is 0 Å². The molecule has 2 aromatic rings. The van der Waals surface area contributed by atoms with E-state index < -0.39 is 6.04 Å². The Hall–Kier alpha value is -2.63. The minimum atomic E-state index is -0.486. The van der Waals surface area contributed by atoms with Crippen LogP contribution in [0.25, 0.3) is 0 Å². The Bertz CT molecular complexity index is 802. The third kappa shape index (κ3) is 3.57. The van der Waals surface area contributed by atoms with Gasteiger partial charge in [-0.2, -0.15) is 0 Å². The Labute approximate surface area is 147 Å². The first-order valence-electron chi connectivity index (χ1n) is 8.46. The molecular weight excluding hydrogens is 318 g/mol. The van der Waals surface area contributed by atoms with Gasteiger partial charge in [0.15, 0.2) is 0 Å². The molecule has 25 heavy (non-hydrogen) atoms. The maximum Gasteiger partial charge on any atom is 0.249 e.